The lowest BCUT2D eigenvalue weighted by Crippen LogP contribution is -2.57. The summed E-state index contributed by atoms with van der Waals surface area (Å²) in [6, 6.07) is 0.634. The molecule has 1 saturated heterocycles. The van der Waals surface area contributed by atoms with Crippen molar-refractivity contribution in [1.82, 2.24) is 4.98 Å². The Morgan fingerprint density at radius 3 is 2.35 bits per heavy atom. The molecule has 0 radical (unpaired) electrons. The second-order valence-electron chi connectivity index (χ2n) is 5.80. The Morgan fingerprint density at radius 1 is 1.29 bits per heavy atom. The lowest BCUT2D eigenvalue weighted by atomic mass is 9.99. The smallest absolute Gasteiger partial charge is 0.297 e. The summed E-state index contributed by atoms with van der Waals surface area (Å²) in [5.74, 6) is 0. The number of nitrogens with zero attached hydrogens (tertiary/aromatic N) is 2. The molecule has 0 bridgehead atoms. The summed E-state index contributed by atoms with van der Waals surface area (Å²) < 4.78 is 11.5. The van der Waals surface area contributed by atoms with Crippen LogP contribution in [0.5, 0.6) is 0 Å². The van der Waals surface area contributed by atoms with Gasteiger partial charge in [0.25, 0.3) is 6.01 Å². The first-order valence-electron chi connectivity index (χ1n) is 5.91. The normalized spacial score (nSPS) is 22.8. The van der Waals surface area contributed by atoms with Crippen molar-refractivity contribution in [3.8, 4) is 0 Å². The molecule has 1 aromatic heterocycles. The fourth-order valence-electron chi connectivity index (χ4n) is 2.46. The standard InChI is InChI=1S/C12H21N3O2/c1-11(2)7-15(8-12(3,4)17-11)10-14-9(5-13)6-16-10/h6H,5,7-8,13H2,1-4H3. The van der Waals surface area contributed by atoms with E-state index in [1.165, 1.54) is 0 Å². The number of anilines is 1. The molecule has 0 spiro atoms. The van der Waals surface area contributed by atoms with E-state index in [2.05, 4.69) is 37.6 Å². The van der Waals surface area contributed by atoms with Crippen LogP contribution in [0.25, 0.3) is 0 Å². The molecular weight excluding hydrogens is 218 g/mol. The predicted molar refractivity (Wildman–Crippen MR) is 65.9 cm³/mol. The SMILES string of the molecule is CC1(C)CN(c2nc(CN)co2)CC(C)(C)O1. The van der Waals surface area contributed by atoms with Crippen LogP contribution in [0.3, 0.4) is 0 Å². The number of nitrogens with two attached hydrogens (primary N) is 1. The maximum atomic E-state index is 6.01. The van der Waals surface area contributed by atoms with E-state index in [0.29, 0.717) is 12.6 Å². The maximum Gasteiger partial charge on any atom is 0.297 e. The van der Waals surface area contributed by atoms with Gasteiger partial charge >= 0.3 is 0 Å². The first-order valence-corrected chi connectivity index (χ1v) is 5.91. The number of aromatic nitrogens is 1. The Balaban J connectivity index is 2.20. The summed E-state index contributed by atoms with van der Waals surface area (Å²) in [6.07, 6.45) is 1.62. The first-order chi connectivity index (χ1) is 7.81. The van der Waals surface area contributed by atoms with Gasteiger partial charge in [0.15, 0.2) is 0 Å². The molecule has 17 heavy (non-hydrogen) atoms. The highest BCUT2D eigenvalue weighted by molar-refractivity contribution is 5.30. The highest BCUT2D eigenvalue weighted by Crippen LogP contribution is 2.30. The molecule has 5 heteroatoms. The third-order valence-electron chi connectivity index (χ3n) is 2.72. The fourth-order valence-corrected chi connectivity index (χ4v) is 2.46. The van der Waals surface area contributed by atoms with Crippen molar-refractivity contribution in [3.63, 3.8) is 0 Å². The zero-order chi connectivity index (χ0) is 12.7. The molecule has 96 valence electrons. The Kier molecular flexibility index (Phi) is 2.91. The Hall–Kier alpha value is -1.07. The quantitative estimate of drug-likeness (QED) is 0.847. The van der Waals surface area contributed by atoms with Crippen LogP contribution in [-0.2, 0) is 11.3 Å². The van der Waals surface area contributed by atoms with E-state index in [1.807, 2.05) is 0 Å². The highest BCUT2D eigenvalue weighted by Gasteiger charge is 2.39. The van der Waals surface area contributed by atoms with Crippen molar-refractivity contribution >= 4 is 6.01 Å². The minimum atomic E-state index is -0.209. The van der Waals surface area contributed by atoms with Gasteiger partial charge in [-0.1, -0.05) is 0 Å². The van der Waals surface area contributed by atoms with Crippen molar-refractivity contribution in [2.24, 2.45) is 5.73 Å². The first kappa shape index (κ1) is 12.4. The zero-order valence-electron chi connectivity index (χ0n) is 11.0. The summed E-state index contributed by atoms with van der Waals surface area (Å²) >= 11 is 0. The lowest BCUT2D eigenvalue weighted by molar-refractivity contribution is -0.134. The molecule has 0 saturated carbocycles. The summed E-state index contributed by atoms with van der Waals surface area (Å²) in [5, 5.41) is 0. The number of hydrogen-bond acceptors (Lipinski definition) is 5. The van der Waals surface area contributed by atoms with Crippen LogP contribution in [-0.4, -0.2) is 29.3 Å². The summed E-state index contributed by atoms with van der Waals surface area (Å²) in [4.78, 5) is 6.48. The number of ether oxygens (including phenoxy) is 1. The second kappa shape index (κ2) is 3.99. The summed E-state index contributed by atoms with van der Waals surface area (Å²) in [5.41, 5.74) is 5.89. The van der Waals surface area contributed by atoms with Crippen LogP contribution >= 0.6 is 0 Å². The van der Waals surface area contributed by atoms with Gasteiger partial charge in [-0.2, -0.15) is 4.98 Å². The molecule has 2 rings (SSSR count). The Labute approximate surface area is 102 Å². The Bertz CT molecular complexity index is 382. The van der Waals surface area contributed by atoms with E-state index in [4.69, 9.17) is 14.9 Å². The number of morpholine rings is 1. The molecule has 0 aromatic carbocycles. The van der Waals surface area contributed by atoms with Gasteiger partial charge in [-0.15, -0.1) is 0 Å². The van der Waals surface area contributed by atoms with E-state index in [-0.39, 0.29) is 11.2 Å². The van der Waals surface area contributed by atoms with Gasteiger partial charge in [0.05, 0.1) is 30.0 Å². The largest absolute Gasteiger partial charge is 0.432 e. The predicted octanol–water partition coefficient (Wildman–Crippen LogP) is 1.53. The third kappa shape index (κ3) is 2.79. The van der Waals surface area contributed by atoms with Crippen molar-refractivity contribution in [3.05, 3.63) is 12.0 Å². The molecule has 2 N–H and O–H groups in total. The van der Waals surface area contributed by atoms with Gasteiger partial charge in [-0.05, 0) is 27.7 Å². The molecule has 2 heterocycles. The van der Waals surface area contributed by atoms with Gasteiger partial charge in [0.2, 0.25) is 0 Å². The van der Waals surface area contributed by atoms with Crippen LogP contribution in [0.1, 0.15) is 33.4 Å². The van der Waals surface area contributed by atoms with Gasteiger partial charge in [0, 0.05) is 6.54 Å². The maximum absolute atomic E-state index is 6.01. The average Bonchev–Trinajstić information content (AvgIpc) is 2.60. The molecule has 0 unspecified atom stereocenters. The van der Waals surface area contributed by atoms with Crippen LogP contribution < -0.4 is 10.6 Å². The molecule has 1 fully saturated rings. The number of oxazole rings is 1. The van der Waals surface area contributed by atoms with E-state index in [0.717, 1.165) is 18.8 Å². The van der Waals surface area contributed by atoms with E-state index >= 15 is 0 Å². The van der Waals surface area contributed by atoms with Crippen LogP contribution in [0.4, 0.5) is 6.01 Å². The molecule has 1 aliphatic heterocycles. The topological polar surface area (TPSA) is 64.5 Å². The van der Waals surface area contributed by atoms with Gasteiger partial charge in [-0.3, -0.25) is 0 Å². The monoisotopic (exact) mass is 239 g/mol. The molecule has 0 amide bonds. The molecule has 0 atom stereocenters. The lowest BCUT2D eigenvalue weighted by Gasteiger charge is -2.46. The zero-order valence-corrected chi connectivity index (χ0v) is 11.0. The number of hydrogen-bond donors (Lipinski definition) is 1. The summed E-state index contributed by atoms with van der Waals surface area (Å²) in [7, 11) is 0. The van der Waals surface area contributed by atoms with Crippen LogP contribution in [0, 0.1) is 0 Å². The highest BCUT2D eigenvalue weighted by atomic mass is 16.5. The fraction of sp³-hybridized carbons (Fsp3) is 0.750. The Morgan fingerprint density at radius 2 is 1.88 bits per heavy atom. The minimum absolute atomic E-state index is 0.209. The van der Waals surface area contributed by atoms with Gasteiger partial charge in [-0.25, -0.2) is 0 Å². The molecular formula is C12H21N3O2. The van der Waals surface area contributed by atoms with Crippen molar-refractivity contribution in [1.29, 1.82) is 0 Å². The van der Waals surface area contributed by atoms with Crippen molar-refractivity contribution in [2.45, 2.75) is 45.4 Å². The van der Waals surface area contributed by atoms with E-state index in [9.17, 15) is 0 Å². The summed E-state index contributed by atoms with van der Waals surface area (Å²) in [6.45, 7) is 10.2. The van der Waals surface area contributed by atoms with Crippen LogP contribution in [0.15, 0.2) is 10.7 Å². The molecule has 5 nitrogen and oxygen atoms in total. The number of rotatable bonds is 2. The van der Waals surface area contributed by atoms with Gasteiger partial charge < -0.3 is 19.8 Å². The molecule has 1 aromatic rings. The molecule has 1 aliphatic rings. The minimum Gasteiger partial charge on any atom is -0.432 e. The third-order valence-corrected chi connectivity index (χ3v) is 2.72. The van der Waals surface area contributed by atoms with E-state index < -0.39 is 0 Å². The molecule has 0 aliphatic carbocycles. The van der Waals surface area contributed by atoms with Crippen molar-refractivity contribution in [2.75, 3.05) is 18.0 Å². The van der Waals surface area contributed by atoms with Crippen LogP contribution in [0.2, 0.25) is 0 Å². The van der Waals surface area contributed by atoms with Gasteiger partial charge in [0.1, 0.15) is 6.26 Å². The van der Waals surface area contributed by atoms with Crippen molar-refractivity contribution < 1.29 is 9.15 Å². The second-order valence-corrected chi connectivity index (χ2v) is 5.80. The average molecular weight is 239 g/mol. The van der Waals surface area contributed by atoms with E-state index in [1.54, 1.807) is 6.26 Å².